The molecule has 1 aliphatic rings. The summed E-state index contributed by atoms with van der Waals surface area (Å²) in [5.41, 5.74) is 2.37. The molecule has 3 aromatic rings. The molecule has 2 aromatic carbocycles. The van der Waals surface area contributed by atoms with Crippen LogP contribution in [-0.2, 0) is 0 Å². The number of nitriles is 1. The van der Waals surface area contributed by atoms with E-state index in [1.54, 1.807) is 30.6 Å². The average Bonchev–Trinajstić information content (AvgIpc) is 3.22. The van der Waals surface area contributed by atoms with Gasteiger partial charge in [-0.2, -0.15) is 5.26 Å². The van der Waals surface area contributed by atoms with Gasteiger partial charge in [0, 0.05) is 29.7 Å². The van der Waals surface area contributed by atoms with Gasteiger partial charge in [-0.05, 0) is 49.2 Å². The van der Waals surface area contributed by atoms with Gasteiger partial charge in [0.05, 0.1) is 17.1 Å². The topological polar surface area (TPSA) is 81.9 Å². The summed E-state index contributed by atoms with van der Waals surface area (Å²) in [6.07, 6.45) is 3.93. The highest BCUT2D eigenvalue weighted by molar-refractivity contribution is 6.05. The van der Waals surface area contributed by atoms with Crippen LogP contribution in [0.1, 0.15) is 28.8 Å². The van der Waals surface area contributed by atoms with Crippen molar-refractivity contribution in [1.29, 1.82) is 5.26 Å². The summed E-state index contributed by atoms with van der Waals surface area (Å²) < 4.78 is 0. The summed E-state index contributed by atoms with van der Waals surface area (Å²) in [4.78, 5) is 23.5. The zero-order valence-electron chi connectivity index (χ0n) is 14.1. The van der Waals surface area contributed by atoms with Gasteiger partial charge in [-0.25, -0.2) is 9.97 Å². The highest BCUT2D eigenvalue weighted by Gasteiger charge is 2.17. The number of anilines is 2. The molecule has 0 unspecified atom stereocenters. The Bertz CT molecular complexity index is 1020. The predicted molar refractivity (Wildman–Crippen MR) is 100 cm³/mol. The van der Waals surface area contributed by atoms with Crippen LogP contribution in [0, 0.1) is 11.3 Å². The van der Waals surface area contributed by atoms with Crippen LogP contribution in [0.3, 0.4) is 0 Å². The molecule has 128 valence electrons. The first-order valence-electron chi connectivity index (χ1n) is 8.56. The van der Waals surface area contributed by atoms with E-state index in [0.717, 1.165) is 29.8 Å². The maximum Gasteiger partial charge on any atom is 0.255 e. The van der Waals surface area contributed by atoms with Crippen molar-refractivity contribution in [2.75, 3.05) is 23.3 Å². The number of carbonyl (C=O) groups is 1. The Labute approximate surface area is 151 Å². The molecular formula is C20H17N5O. The molecule has 0 bridgehead atoms. The number of amides is 1. The van der Waals surface area contributed by atoms with Crippen LogP contribution >= 0.6 is 0 Å². The van der Waals surface area contributed by atoms with Crippen molar-refractivity contribution in [3.8, 4) is 6.07 Å². The van der Waals surface area contributed by atoms with E-state index in [1.807, 2.05) is 24.3 Å². The Morgan fingerprint density at radius 3 is 2.77 bits per heavy atom. The standard InChI is InChI=1S/C20H17N5O/c21-12-14-4-3-5-15(10-14)20(26)24-16-6-7-17-18(11-16)22-13-23-19(17)25-8-1-2-9-25/h3-7,10-11,13H,1-2,8-9H2,(H,24,26). The predicted octanol–water partition coefficient (Wildman–Crippen LogP) is 3.35. The minimum absolute atomic E-state index is 0.254. The fraction of sp³-hybridized carbons (Fsp3) is 0.200. The van der Waals surface area contributed by atoms with Crippen molar-refractivity contribution in [3.63, 3.8) is 0 Å². The molecule has 1 saturated heterocycles. The van der Waals surface area contributed by atoms with E-state index in [2.05, 4.69) is 20.2 Å². The fourth-order valence-electron chi connectivity index (χ4n) is 3.23. The summed E-state index contributed by atoms with van der Waals surface area (Å²) >= 11 is 0. The number of hydrogen-bond donors (Lipinski definition) is 1. The summed E-state index contributed by atoms with van der Waals surface area (Å²) in [5.74, 6) is 0.697. The Morgan fingerprint density at radius 1 is 1.12 bits per heavy atom. The third-order valence-electron chi connectivity index (χ3n) is 4.53. The molecule has 1 amide bonds. The zero-order chi connectivity index (χ0) is 17.9. The van der Waals surface area contributed by atoms with Crippen molar-refractivity contribution < 1.29 is 4.79 Å². The molecule has 6 heteroatoms. The number of nitrogens with zero attached hydrogens (tertiary/aromatic N) is 4. The SMILES string of the molecule is N#Cc1cccc(C(=O)Nc2ccc3c(N4CCCC4)ncnc3c2)c1. The van der Waals surface area contributed by atoms with Crippen LogP contribution in [0.5, 0.6) is 0 Å². The van der Waals surface area contributed by atoms with E-state index in [1.165, 1.54) is 12.8 Å². The molecule has 2 heterocycles. The van der Waals surface area contributed by atoms with Crippen molar-refractivity contribution in [2.45, 2.75) is 12.8 Å². The van der Waals surface area contributed by atoms with E-state index in [4.69, 9.17) is 5.26 Å². The second-order valence-electron chi connectivity index (χ2n) is 6.27. The Morgan fingerprint density at radius 2 is 1.96 bits per heavy atom. The van der Waals surface area contributed by atoms with Crippen molar-refractivity contribution >= 4 is 28.3 Å². The molecule has 0 atom stereocenters. The molecule has 1 aliphatic heterocycles. The highest BCUT2D eigenvalue weighted by atomic mass is 16.1. The first-order chi connectivity index (χ1) is 12.7. The molecule has 0 saturated carbocycles. The average molecular weight is 343 g/mol. The number of nitrogens with one attached hydrogen (secondary N) is 1. The third-order valence-corrected chi connectivity index (χ3v) is 4.53. The monoisotopic (exact) mass is 343 g/mol. The van der Waals surface area contributed by atoms with Gasteiger partial charge < -0.3 is 10.2 Å². The van der Waals surface area contributed by atoms with Crippen LogP contribution in [0.4, 0.5) is 11.5 Å². The van der Waals surface area contributed by atoms with Gasteiger partial charge in [0.25, 0.3) is 5.91 Å². The normalized spacial score (nSPS) is 13.6. The molecule has 1 N–H and O–H groups in total. The first kappa shape index (κ1) is 16.0. The number of fused-ring (bicyclic) bond motifs is 1. The molecule has 1 aromatic heterocycles. The minimum Gasteiger partial charge on any atom is -0.356 e. The van der Waals surface area contributed by atoms with Crippen molar-refractivity contribution in [2.24, 2.45) is 0 Å². The maximum atomic E-state index is 12.4. The zero-order valence-corrected chi connectivity index (χ0v) is 14.1. The van der Waals surface area contributed by atoms with Gasteiger partial charge in [0.2, 0.25) is 0 Å². The van der Waals surface area contributed by atoms with Gasteiger partial charge in [-0.15, -0.1) is 0 Å². The lowest BCUT2D eigenvalue weighted by molar-refractivity contribution is 0.102. The Hall–Kier alpha value is -3.46. The molecule has 0 spiro atoms. The lowest BCUT2D eigenvalue weighted by atomic mass is 10.1. The van der Waals surface area contributed by atoms with Gasteiger partial charge in [-0.3, -0.25) is 4.79 Å². The van der Waals surface area contributed by atoms with E-state index >= 15 is 0 Å². The van der Waals surface area contributed by atoms with Crippen LogP contribution in [-0.4, -0.2) is 29.0 Å². The van der Waals surface area contributed by atoms with E-state index in [0.29, 0.717) is 16.8 Å². The van der Waals surface area contributed by atoms with Gasteiger partial charge in [-0.1, -0.05) is 6.07 Å². The second kappa shape index (κ2) is 6.81. The fourth-order valence-corrected chi connectivity index (χ4v) is 3.23. The number of carbonyl (C=O) groups excluding carboxylic acids is 1. The van der Waals surface area contributed by atoms with E-state index in [9.17, 15) is 4.79 Å². The molecule has 6 nitrogen and oxygen atoms in total. The molecule has 0 aliphatic carbocycles. The van der Waals surface area contributed by atoms with Gasteiger partial charge >= 0.3 is 0 Å². The molecule has 1 fully saturated rings. The van der Waals surface area contributed by atoms with Crippen LogP contribution in [0.15, 0.2) is 48.8 Å². The molecule has 26 heavy (non-hydrogen) atoms. The van der Waals surface area contributed by atoms with E-state index < -0.39 is 0 Å². The van der Waals surface area contributed by atoms with Crippen LogP contribution < -0.4 is 10.2 Å². The van der Waals surface area contributed by atoms with Crippen molar-refractivity contribution in [1.82, 2.24) is 9.97 Å². The summed E-state index contributed by atoms with van der Waals surface area (Å²) in [6, 6.07) is 14.3. The Kier molecular flexibility index (Phi) is 4.20. The highest BCUT2D eigenvalue weighted by Crippen LogP contribution is 2.27. The smallest absolute Gasteiger partial charge is 0.255 e. The van der Waals surface area contributed by atoms with Gasteiger partial charge in [0.15, 0.2) is 0 Å². The molecule has 4 rings (SSSR count). The van der Waals surface area contributed by atoms with E-state index in [-0.39, 0.29) is 5.91 Å². The summed E-state index contributed by atoms with van der Waals surface area (Å²) in [7, 11) is 0. The lowest BCUT2D eigenvalue weighted by Gasteiger charge is -2.18. The third kappa shape index (κ3) is 3.07. The van der Waals surface area contributed by atoms with Crippen molar-refractivity contribution in [3.05, 3.63) is 59.9 Å². The van der Waals surface area contributed by atoms with Crippen LogP contribution in [0.2, 0.25) is 0 Å². The number of rotatable bonds is 3. The number of aromatic nitrogens is 2. The Balaban J connectivity index is 1.61. The summed E-state index contributed by atoms with van der Waals surface area (Å²) in [5, 5.41) is 12.8. The quantitative estimate of drug-likeness (QED) is 0.788. The van der Waals surface area contributed by atoms with Gasteiger partial charge in [0.1, 0.15) is 12.1 Å². The minimum atomic E-state index is -0.254. The number of hydrogen-bond acceptors (Lipinski definition) is 5. The van der Waals surface area contributed by atoms with Crippen LogP contribution in [0.25, 0.3) is 10.9 Å². The molecular weight excluding hydrogens is 326 g/mol. The first-order valence-corrected chi connectivity index (χ1v) is 8.56. The summed E-state index contributed by atoms with van der Waals surface area (Å²) in [6.45, 7) is 2.03. The number of benzene rings is 2. The second-order valence-corrected chi connectivity index (χ2v) is 6.27. The lowest BCUT2D eigenvalue weighted by Crippen LogP contribution is -2.19. The maximum absolute atomic E-state index is 12.4. The largest absolute Gasteiger partial charge is 0.356 e. The molecule has 0 radical (unpaired) electrons.